The molecule has 6 heteroatoms. The molecule has 3 rings (SSSR count). The second-order valence-corrected chi connectivity index (χ2v) is 5.94. The number of hydrogen-bond donors (Lipinski definition) is 0. The Balaban J connectivity index is 1.87. The van der Waals surface area contributed by atoms with Crippen LogP contribution < -0.4 is 4.90 Å². The molecule has 0 N–H and O–H groups in total. The van der Waals surface area contributed by atoms with Crippen molar-refractivity contribution < 1.29 is 9.53 Å². The summed E-state index contributed by atoms with van der Waals surface area (Å²) in [6.07, 6.45) is 2.48. The van der Waals surface area contributed by atoms with Crippen LogP contribution in [0.5, 0.6) is 0 Å². The van der Waals surface area contributed by atoms with E-state index in [1.165, 1.54) is 0 Å². The third-order valence-electron chi connectivity index (χ3n) is 4.00. The van der Waals surface area contributed by atoms with Gasteiger partial charge in [-0.25, -0.2) is 9.78 Å². The summed E-state index contributed by atoms with van der Waals surface area (Å²) in [5, 5.41) is 9.90. The molecule has 1 aliphatic rings. The summed E-state index contributed by atoms with van der Waals surface area (Å²) < 4.78 is 4.99. The molecule has 5 nitrogen and oxygen atoms in total. The molecule has 0 fully saturated rings. The highest BCUT2D eigenvalue weighted by atomic mass is 35.5. The summed E-state index contributed by atoms with van der Waals surface area (Å²) >= 11 is 6.08. The summed E-state index contributed by atoms with van der Waals surface area (Å²) in [5.41, 5.74) is 3.89. The average molecular weight is 342 g/mol. The number of ether oxygens (including phenoxy) is 1. The standard InChI is InChI=1S/C18H16ClN3O2/c1-2-24-18(23)16-7-12-5-6-22(11-14(12)10-21-16)17-8-15(19)4-3-13(17)9-20/h3-4,7-8,10H,2,5-6,11H2,1H3. The van der Waals surface area contributed by atoms with Gasteiger partial charge in [0.05, 0.1) is 17.9 Å². The predicted octanol–water partition coefficient (Wildman–Crippen LogP) is 3.35. The fraction of sp³-hybridized carbons (Fsp3) is 0.278. The Labute approximate surface area is 145 Å². The number of carbonyl (C=O) groups excluding carboxylic acids is 1. The molecule has 1 aromatic carbocycles. The van der Waals surface area contributed by atoms with Crippen LogP contribution in [0.1, 0.15) is 34.1 Å². The molecule has 122 valence electrons. The van der Waals surface area contributed by atoms with Crippen LogP contribution in [0.15, 0.2) is 30.5 Å². The first-order valence-electron chi connectivity index (χ1n) is 7.72. The van der Waals surface area contributed by atoms with Crippen LogP contribution in [0.25, 0.3) is 0 Å². The lowest BCUT2D eigenvalue weighted by atomic mass is 9.99. The molecule has 2 aromatic rings. The maximum absolute atomic E-state index is 11.8. The largest absolute Gasteiger partial charge is 0.461 e. The van der Waals surface area contributed by atoms with Crippen molar-refractivity contribution in [2.45, 2.75) is 19.9 Å². The maximum Gasteiger partial charge on any atom is 0.356 e. The number of carbonyl (C=O) groups is 1. The smallest absolute Gasteiger partial charge is 0.356 e. The van der Waals surface area contributed by atoms with E-state index in [4.69, 9.17) is 16.3 Å². The first-order chi connectivity index (χ1) is 11.6. The van der Waals surface area contributed by atoms with E-state index in [9.17, 15) is 10.1 Å². The normalized spacial score (nSPS) is 13.1. The van der Waals surface area contributed by atoms with Crippen molar-refractivity contribution in [2.24, 2.45) is 0 Å². The first-order valence-corrected chi connectivity index (χ1v) is 8.09. The number of anilines is 1. The molecule has 0 amide bonds. The second kappa shape index (κ2) is 6.90. The van der Waals surface area contributed by atoms with Gasteiger partial charge in [-0.15, -0.1) is 0 Å². The minimum absolute atomic E-state index is 0.330. The van der Waals surface area contributed by atoms with E-state index in [0.29, 0.717) is 29.4 Å². The van der Waals surface area contributed by atoms with E-state index in [2.05, 4.69) is 16.0 Å². The third kappa shape index (κ3) is 3.19. The molecular weight excluding hydrogens is 326 g/mol. The molecule has 24 heavy (non-hydrogen) atoms. The van der Waals surface area contributed by atoms with Crippen molar-refractivity contribution in [2.75, 3.05) is 18.1 Å². The number of nitriles is 1. The van der Waals surface area contributed by atoms with Crippen LogP contribution in [-0.2, 0) is 17.7 Å². The van der Waals surface area contributed by atoms with Gasteiger partial charge in [-0.3, -0.25) is 0 Å². The van der Waals surface area contributed by atoms with E-state index in [-0.39, 0.29) is 0 Å². The predicted molar refractivity (Wildman–Crippen MR) is 91.1 cm³/mol. The Hall–Kier alpha value is -2.58. The Bertz CT molecular complexity index is 829. The number of benzene rings is 1. The van der Waals surface area contributed by atoms with Crippen molar-refractivity contribution >= 4 is 23.3 Å². The van der Waals surface area contributed by atoms with E-state index in [0.717, 1.165) is 29.8 Å². The van der Waals surface area contributed by atoms with Crippen LogP contribution in [0.4, 0.5) is 5.69 Å². The van der Waals surface area contributed by atoms with E-state index >= 15 is 0 Å². The van der Waals surface area contributed by atoms with Gasteiger partial charge < -0.3 is 9.64 Å². The van der Waals surface area contributed by atoms with Gasteiger partial charge in [-0.05, 0) is 48.7 Å². The molecule has 0 saturated heterocycles. The summed E-state index contributed by atoms with van der Waals surface area (Å²) in [6.45, 7) is 3.47. The summed E-state index contributed by atoms with van der Waals surface area (Å²) in [4.78, 5) is 18.1. The van der Waals surface area contributed by atoms with Gasteiger partial charge in [0, 0.05) is 24.3 Å². The molecule has 1 aromatic heterocycles. The van der Waals surface area contributed by atoms with Gasteiger partial charge in [-0.1, -0.05) is 11.6 Å². The topological polar surface area (TPSA) is 66.2 Å². The quantitative estimate of drug-likeness (QED) is 0.801. The molecule has 0 aliphatic carbocycles. The number of aromatic nitrogens is 1. The number of rotatable bonds is 3. The second-order valence-electron chi connectivity index (χ2n) is 5.50. The van der Waals surface area contributed by atoms with Crippen molar-refractivity contribution in [1.82, 2.24) is 4.98 Å². The molecule has 0 unspecified atom stereocenters. The summed E-state index contributed by atoms with van der Waals surface area (Å²) in [6, 6.07) is 9.26. The van der Waals surface area contributed by atoms with Crippen LogP contribution >= 0.6 is 11.6 Å². The van der Waals surface area contributed by atoms with Crippen LogP contribution in [0.2, 0.25) is 5.02 Å². The summed E-state index contributed by atoms with van der Waals surface area (Å²) in [7, 11) is 0. The van der Waals surface area contributed by atoms with Gasteiger partial charge in [-0.2, -0.15) is 5.26 Å². The SMILES string of the molecule is CCOC(=O)c1cc2c(cn1)CN(c1cc(Cl)ccc1C#N)CC2. The molecule has 0 saturated carbocycles. The van der Waals surface area contributed by atoms with Crippen LogP contribution in [0, 0.1) is 11.3 Å². The Morgan fingerprint density at radius 2 is 2.25 bits per heavy atom. The van der Waals surface area contributed by atoms with Gasteiger partial charge >= 0.3 is 5.97 Å². The Morgan fingerprint density at radius 3 is 3.00 bits per heavy atom. The molecule has 0 spiro atoms. The Kier molecular flexibility index (Phi) is 4.68. The van der Waals surface area contributed by atoms with Crippen LogP contribution in [-0.4, -0.2) is 24.1 Å². The lowest BCUT2D eigenvalue weighted by molar-refractivity contribution is 0.0519. The number of halogens is 1. The zero-order valence-corrected chi connectivity index (χ0v) is 14.0. The molecule has 0 radical (unpaired) electrons. The van der Waals surface area contributed by atoms with Gasteiger partial charge in [0.2, 0.25) is 0 Å². The maximum atomic E-state index is 11.8. The van der Waals surface area contributed by atoms with Crippen molar-refractivity contribution in [1.29, 1.82) is 5.26 Å². The van der Waals surface area contributed by atoms with Crippen molar-refractivity contribution in [3.63, 3.8) is 0 Å². The monoisotopic (exact) mass is 341 g/mol. The van der Waals surface area contributed by atoms with E-state index in [1.54, 1.807) is 31.3 Å². The van der Waals surface area contributed by atoms with Crippen molar-refractivity contribution in [3.05, 3.63) is 57.9 Å². The lowest BCUT2D eigenvalue weighted by Gasteiger charge is -2.31. The molecule has 2 heterocycles. The van der Waals surface area contributed by atoms with Crippen LogP contribution in [0.3, 0.4) is 0 Å². The minimum atomic E-state index is -0.399. The number of hydrogen-bond acceptors (Lipinski definition) is 5. The number of esters is 1. The Morgan fingerprint density at radius 1 is 1.42 bits per heavy atom. The first kappa shape index (κ1) is 16.3. The third-order valence-corrected chi connectivity index (χ3v) is 4.24. The molecule has 0 bridgehead atoms. The highest BCUT2D eigenvalue weighted by molar-refractivity contribution is 6.30. The summed E-state index contributed by atoms with van der Waals surface area (Å²) in [5.74, 6) is -0.399. The highest BCUT2D eigenvalue weighted by Crippen LogP contribution is 2.29. The van der Waals surface area contributed by atoms with Crippen molar-refractivity contribution in [3.8, 4) is 6.07 Å². The fourth-order valence-corrected chi connectivity index (χ4v) is 2.99. The molecule has 0 atom stereocenters. The lowest BCUT2D eigenvalue weighted by Crippen LogP contribution is -2.31. The average Bonchev–Trinajstić information content (AvgIpc) is 2.61. The minimum Gasteiger partial charge on any atom is -0.461 e. The highest BCUT2D eigenvalue weighted by Gasteiger charge is 2.21. The van der Waals surface area contributed by atoms with Gasteiger partial charge in [0.1, 0.15) is 11.8 Å². The zero-order chi connectivity index (χ0) is 17.1. The zero-order valence-electron chi connectivity index (χ0n) is 13.3. The van der Waals surface area contributed by atoms with Gasteiger partial charge in [0.25, 0.3) is 0 Å². The molecule has 1 aliphatic heterocycles. The number of pyridine rings is 1. The fourth-order valence-electron chi connectivity index (χ4n) is 2.82. The van der Waals surface area contributed by atoms with E-state index in [1.807, 2.05) is 6.07 Å². The number of nitrogens with zero attached hydrogens (tertiary/aromatic N) is 3. The van der Waals surface area contributed by atoms with Gasteiger partial charge in [0.15, 0.2) is 0 Å². The number of fused-ring (bicyclic) bond motifs is 1. The molecular formula is C18H16ClN3O2. The van der Waals surface area contributed by atoms with E-state index < -0.39 is 5.97 Å².